The van der Waals surface area contributed by atoms with Crippen LogP contribution in [0.3, 0.4) is 0 Å². The van der Waals surface area contributed by atoms with Gasteiger partial charge in [0.15, 0.2) is 0 Å². The van der Waals surface area contributed by atoms with Crippen LogP contribution in [0.5, 0.6) is 0 Å². The normalized spacial score (nSPS) is 24.9. The first-order valence-corrected chi connectivity index (χ1v) is 11.1. The van der Waals surface area contributed by atoms with Crippen molar-refractivity contribution in [2.24, 2.45) is 10.4 Å². The maximum atomic E-state index is 4.28. The van der Waals surface area contributed by atoms with E-state index in [9.17, 15) is 0 Å². The van der Waals surface area contributed by atoms with E-state index in [0.29, 0.717) is 5.41 Å². The number of likely N-dealkylation sites (tertiary alicyclic amines) is 1. The van der Waals surface area contributed by atoms with E-state index in [1.54, 1.807) is 6.20 Å². The summed E-state index contributed by atoms with van der Waals surface area (Å²) in [5.74, 6) is 0. The Balaban J connectivity index is 1.22. The lowest BCUT2D eigenvalue weighted by molar-refractivity contribution is 0.0306. The van der Waals surface area contributed by atoms with Crippen LogP contribution in [0.15, 0.2) is 53.3 Å². The average molecular weight is 374 g/mol. The molecule has 0 bridgehead atoms. The molecule has 1 aromatic carbocycles. The molecule has 3 nitrogen and oxygen atoms in total. The minimum Gasteiger partial charge on any atom is -0.371 e. The summed E-state index contributed by atoms with van der Waals surface area (Å²) in [5.41, 5.74) is 7.40. The molecule has 0 amide bonds. The smallest absolute Gasteiger partial charge is 0.0686 e. The molecule has 0 aromatic heterocycles. The highest BCUT2D eigenvalue weighted by Crippen LogP contribution is 2.43. The van der Waals surface area contributed by atoms with Gasteiger partial charge in [-0.05, 0) is 86.9 Å². The Morgan fingerprint density at radius 2 is 1.79 bits per heavy atom. The third-order valence-electron chi connectivity index (χ3n) is 7.54. The second-order valence-corrected chi connectivity index (χ2v) is 9.02. The van der Waals surface area contributed by atoms with E-state index in [4.69, 9.17) is 0 Å². The van der Waals surface area contributed by atoms with Crippen LogP contribution >= 0.6 is 0 Å². The van der Waals surface area contributed by atoms with E-state index >= 15 is 0 Å². The number of nitrogens with zero attached hydrogens (tertiary/aromatic N) is 3. The lowest BCUT2D eigenvalue weighted by Gasteiger charge is -2.50. The Morgan fingerprint density at radius 3 is 2.54 bits per heavy atom. The Hall–Kier alpha value is -2.09. The first-order valence-electron chi connectivity index (χ1n) is 11.1. The highest BCUT2D eigenvalue weighted by molar-refractivity contribution is 6.10. The van der Waals surface area contributed by atoms with Gasteiger partial charge in [-0.2, -0.15) is 0 Å². The number of anilines is 1. The predicted octanol–water partition coefficient (Wildman–Crippen LogP) is 5.06. The number of rotatable bonds is 3. The molecule has 0 atom stereocenters. The highest BCUT2D eigenvalue weighted by atomic mass is 15.2. The molecule has 1 aliphatic carbocycles. The highest BCUT2D eigenvalue weighted by Gasteiger charge is 2.39. The zero-order valence-electron chi connectivity index (χ0n) is 16.8. The SMILES string of the molecule is C1=CC=C(c2cccc(N3CCC4(CC3)CCN(C3CCC3)CC4)c2)C=NC=1. The number of piperidine rings is 2. The lowest BCUT2D eigenvalue weighted by atomic mass is 9.70. The van der Waals surface area contributed by atoms with Crippen molar-refractivity contribution < 1.29 is 0 Å². The standard InChI is InChI=1S/C25H31N3/c1-2-14-26-20-22(5-1)21-6-3-9-24(19-21)28-17-12-25(13-18-28)10-15-27(16-11-25)23-7-4-8-23/h1,3,5-6,9,14,19-20,23H,4,7-8,10-13,15-18H2. The summed E-state index contributed by atoms with van der Waals surface area (Å²) in [6.45, 7) is 5.08. The number of benzene rings is 1. The number of aliphatic imine (C=N–C) groups is 1. The van der Waals surface area contributed by atoms with Crippen LogP contribution in [0.2, 0.25) is 0 Å². The van der Waals surface area contributed by atoms with Gasteiger partial charge in [0, 0.05) is 36.6 Å². The molecule has 1 saturated carbocycles. The van der Waals surface area contributed by atoms with Crippen LogP contribution in [0.25, 0.3) is 5.57 Å². The molecule has 0 radical (unpaired) electrons. The number of allylic oxidation sites excluding steroid dienone is 3. The fourth-order valence-corrected chi connectivity index (χ4v) is 5.29. The number of hydrogen-bond donors (Lipinski definition) is 0. The van der Waals surface area contributed by atoms with Gasteiger partial charge in [-0.3, -0.25) is 4.99 Å². The van der Waals surface area contributed by atoms with Crippen LogP contribution in [0.4, 0.5) is 5.69 Å². The number of hydrogen-bond acceptors (Lipinski definition) is 3. The molecule has 28 heavy (non-hydrogen) atoms. The van der Waals surface area contributed by atoms with Crippen molar-refractivity contribution >= 4 is 17.5 Å². The van der Waals surface area contributed by atoms with E-state index < -0.39 is 0 Å². The molecule has 0 N–H and O–H groups in total. The Kier molecular flexibility index (Phi) is 4.96. The zero-order valence-corrected chi connectivity index (χ0v) is 16.8. The fraction of sp³-hybridized carbons (Fsp3) is 0.520. The van der Waals surface area contributed by atoms with E-state index in [1.807, 2.05) is 12.3 Å². The summed E-state index contributed by atoms with van der Waals surface area (Å²) in [6, 6.07) is 9.88. The van der Waals surface area contributed by atoms with Crippen LogP contribution in [-0.2, 0) is 0 Å². The monoisotopic (exact) mass is 373 g/mol. The summed E-state index contributed by atoms with van der Waals surface area (Å²) in [4.78, 5) is 9.66. The third kappa shape index (κ3) is 3.62. The van der Waals surface area contributed by atoms with Crippen molar-refractivity contribution in [3.8, 4) is 0 Å². The zero-order chi connectivity index (χ0) is 18.8. The molecular weight excluding hydrogens is 342 g/mol. The lowest BCUT2D eigenvalue weighted by Crippen LogP contribution is -2.50. The second kappa shape index (κ2) is 7.73. The molecule has 3 aliphatic heterocycles. The van der Waals surface area contributed by atoms with Crippen molar-refractivity contribution in [3.63, 3.8) is 0 Å². The van der Waals surface area contributed by atoms with Crippen LogP contribution in [0, 0.1) is 5.41 Å². The molecule has 0 unspecified atom stereocenters. The first kappa shape index (κ1) is 18.0. The Morgan fingerprint density at radius 1 is 1.00 bits per heavy atom. The minimum atomic E-state index is 0.612. The first-order chi connectivity index (χ1) is 13.8. The van der Waals surface area contributed by atoms with E-state index in [0.717, 1.165) is 11.6 Å². The van der Waals surface area contributed by atoms with Gasteiger partial charge in [-0.15, -0.1) is 5.73 Å². The summed E-state index contributed by atoms with van der Waals surface area (Å²) < 4.78 is 0. The molecule has 5 rings (SSSR count). The molecular formula is C25H31N3. The maximum Gasteiger partial charge on any atom is 0.0686 e. The summed E-state index contributed by atoms with van der Waals surface area (Å²) >= 11 is 0. The van der Waals surface area contributed by atoms with Gasteiger partial charge in [-0.1, -0.05) is 18.6 Å². The predicted molar refractivity (Wildman–Crippen MR) is 118 cm³/mol. The minimum absolute atomic E-state index is 0.612. The second-order valence-electron chi connectivity index (χ2n) is 9.02. The van der Waals surface area contributed by atoms with Gasteiger partial charge in [-0.25, -0.2) is 0 Å². The largest absolute Gasteiger partial charge is 0.371 e. The average Bonchev–Trinajstić information content (AvgIpc) is 2.99. The van der Waals surface area contributed by atoms with Crippen molar-refractivity contribution in [1.82, 2.24) is 4.90 Å². The molecule has 146 valence electrons. The van der Waals surface area contributed by atoms with Gasteiger partial charge < -0.3 is 9.80 Å². The Labute approximate surface area is 169 Å². The van der Waals surface area contributed by atoms with E-state index in [2.05, 4.69) is 50.9 Å². The maximum absolute atomic E-state index is 4.28. The summed E-state index contributed by atoms with van der Waals surface area (Å²) in [7, 11) is 0. The molecule has 1 spiro atoms. The molecule has 2 saturated heterocycles. The molecule has 3 fully saturated rings. The van der Waals surface area contributed by atoms with Gasteiger partial charge in [0.25, 0.3) is 0 Å². The van der Waals surface area contributed by atoms with Crippen molar-refractivity contribution in [3.05, 3.63) is 53.9 Å². The Bertz CT molecular complexity index is 821. The van der Waals surface area contributed by atoms with Crippen LogP contribution < -0.4 is 4.90 Å². The van der Waals surface area contributed by atoms with Gasteiger partial charge in [0.1, 0.15) is 0 Å². The topological polar surface area (TPSA) is 18.8 Å². The third-order valence-corrected chi connectivity index (χ3v) is 7.54. The molecule has 3 heteroatoms. The van der Waals surface area contributed by atoms with Gasteiger partial charge in [0.2, 0.25) is 0 Å². The summed E-state index contributed by atoms with van der Waals surface area (Å²) in [6.07, 6.45) is 17.6. The van der Waals surface area contributed by atoms with Crippen molar-refractivity contribution in [2.45, 2.75) is 51.0 Å². The van der Waals surface area contributed by atoms with Crippen LogP contribution in [-0.4, -0.2) is 43.3 Å². The van der Waals surface area contributed by atoms with Gasteiger partial charge >= 0.3 is 0 Å². The van der Waals surface area contributed by atoms with E-state index in [-0.39, 0.29) is 0 Å². The molecule has 1 aromatic rings. The van der Waals surface area contributed by atoms with Gasteiger partial charge in [0.05, 0.1) is 6.20 Å². The van der Waals surface area contributed by atoms with Crippen molar-refractivity contribution in [1.29, 1.82) is 0 Å². The molecule has 4 aliphatic rings. The summed E-state index contributed by atoms with van der Waals surface area (Å²) in [5, 5.41) is 0. The quantitative estimate of drug-likeness (QED) is 0.690. The van der Waals surface area contributed by atoms with E-state index in [1.165, 1.54) is 82.4 Å². The van der Waals surface area contributed by atoms with Crippen LogP contribution in [0.1, 0.15) is 50.5 Å². The fourth-order valence-electron chi connectivity index (χ4n) is 5.29. The molecule has 3 heterocycles. The van der Waals surface area contributed by atoms with Crippen molar-refractivity contribution in [2.75, 3.05) is 31.1 Å².